The SMILES string of the molecule is c1csc(C2(N3CCOCC3)CCSCC2)c1. The molecule has 0 bridgehead atoms. The highest BCUT2D eigenvalue weighted by molar-refractivity contribution is 7.99. The zero-order valence-electron chi connectivity index (χ0n) is 10.1. The Morgan fingerprint density at radius 3 is 2.59 bits per heavy atom. The Hall–Kier alpha value is -0.0300. The summed E-state index contributed by atoms with van der Waals surface area (Å²) < 4.78 is 5.51. The monoisotopic (exact) mass is 269 g/mol. The molecule has 4 heteroatoms. The third-order valence-electron chi connectivity index (χ3n) is 3.92. The molecule has 0 radical (unpaired) electrons. The van der Waals surface area contributed by atoms with E-state index in [-0.39, 0.29) is 0 Å². The highest BCUT2D eigenvalue weighted by Crippen LogP contribution is 2.43. The Kier molecular flexibility index (Phi) is 3.75. The summed E-state index contributed by atoms with van der Waals surface area (Å²) in [6.07, 6.45) is 2.61. The molecule has 17 heavy (non-hydrogen) atoms. The van der Waals surface area contributed by atoms with E-state index in [0.29, 0.717) is 5.54 Å². The van der Waals surface area contributed by atoms with E-state index in [0.717, 1.165) is 26.3 Å². The van der Waals surface area contributed by atoms with Gasteiger partial charge in [0, 0.05) is 18.0 Å². The Morgan fingerprint density at radius 1 is 1.18 bits per heavy atom. The molecule has 0 saturated carbocycles. The third kappa shape index (κ3) is 2.28. The quantitative estimate of drug-likeness (QED) is 0.819. The number of nitrogens with zero attached hydrogens (tertiary/aromatic N) is 1. The first kappa shape index (κ1) is 12.0. The van der Waals surface area contributed by atoms with Gasteiger partial charge in [-0.3, -0.25) is 4.90 Å². The maximum Gasteiger partial charge on any atom is 0.0594 e. The minimum absolute atomic E-state index is 0.323. The van der Waals surface area contributed by atoms with Crippen molar-refractivity contribution in [3.63, 3.8) is 0 Å². The molecule has 0 aromatic carbocycles. The molecule has 0 unspecified atom stereocenters. The fourth-order valence-corrected chi connectivity index (χ4v) is 5.14. The van der Waals surface area contributed by atoms with Crippen LogP contribution in [0.3, 0.4) is 0 Å². The summed E-state index contributed by atoms with van der Waals surface area (Å²) in [6, 6.07) is 4.53. The summed E-state index contributed by atoms with van der Waals surface area (Å²) in [6.45, 7) is 4.01. The van der Waals surface area contributed by atoms with E-state index in [2.05, 4.69) is 34.2 Å². The Labute approximate surface area is 111 Å². The zero-order valence-corrected chi connectivity index (χ0v) is 11.7. The molecule has 2 saturated heterocycles. The number of hydrogen-bond donors (Lipinski definition) is 0. The zero-order chi connectivity index (χ0) is 11.6. The van der Waals surface area contributed by atoms with Gasteiger partial charge in [0.1, 0.15) is 0 Å². The number of ether oxygens (including phenoxy) is 1. The Bertz CT molecular complexity index is 340. The summed E-state index contributed by atoms with van der Waals surface area (Å²) >= 11 is 4.04. The Balaban J connectivity index is 1.89. The van der Waals surface area contributed by atoms with Gasteiger partial charge < -0.3 is 4.74 Å². The van der Waals surface area contributed by atoms with Crippen LogP contribution < -0.4 is 0 Å². The van der Waals surface area contributed by atoms with Gasteiger partial charge in [0.15, 0.2) is 0 Å². The summed E-state index contributed by atoms with van der Waals surface area (Å²) in [4.78, 5) is 4.25. The minimum atomic E-state index is 0.323. The van der Waals surface area contributed by atoms with Gasteiger partial charge in [-0.15, -0.1) is 11.3 Å². The lowest BCUT2D eigenvalue weighted by Gasteiger charge is -2.47. The van der Waals surface area contributed by atoms with Crippen LogP contribution in [0.5, 0.6) is 0 Å². The molecule has 3 heterocycles. The normalized spacial score (nSPS) is 25.9. The van der Waals surface area contributed by atoms with Gasteiger partial charge in [-0.2, -0.15) is 11.8 Å². The number of rotatable bonds is 2. The molecule has 0 N–H and O–H groups in total. The molecule has 2 fully saturated rings. The molecule has 2 aliphatic rings. The molecule has 0 amide bonds. The fourth-order valence-electron chi connectivity index (χ4n) is 2.96. The van der Waals surface area contributed by atoms with E-state index in [1.165, 1.54) is 24.3 Å². The second-order valence-electron chi connectivity index (χ2n) is 4.72. The number of thiophene rings is 1. The van der Waals surface area contributed by atoms with E-state index < -0.39 is 0 Å². The Morgan fingerprint density at radius 2 is 1.94 bits per heavy atom. The van der Waals surface area contributed by atoms with E-state index in [1.807, 2.05) is 11.3 Å². The first-order valence-corrected chi connectivity index (χ1v) is 8.40. The lowest BCUT2D eigenvalue weighted by molar-refractivity contribution is -0.0276. The van der Waals surface area contributed by atoms with Gasteiger partial charge in [0.05, 0.1) is 18.8 Å². The first-order valence-electron chi connectivity index (χ1n) is 6.36. The number of thioether (sulfide) groups is 1. The van der Waals surface area contributed by atoms with Gasteiger partial charge in [0.25, 0.3) is 0 Å². The number of morpholine rings is 1. The van der Waals surface area contributed by atoms with E-state index >= 15 is 0 Å². The molecule has 2 nitrogen and oxygen atoms in total. The van der Waals surface area contributed by atoms with E-state index in [1.54, 1.807) is 4.88 Å². The molecule has 2 aliphatic heterocycles. The molecular formula is C13H19NOS2. The standard InChI is InChI=1S/C13H19NOS2/c1-2-12(17-9-1)13(3-10-16-11-4-13)14-5-7-15-8-6-14/h1-2,9H,3-8,10-11H2. The second kappa shape index (κ2) is 5.31. The molecule has 3 rings (SSSR count). The topological polar surface area (TPSA) is 12.5 Å². The van der Waals surface area contributed by atoms with Crippen molar-refractivity contribution in [2.45, 2.75) is 18.4 Å². The summed E-state index contributed by atoms with van der Waals surface area (Å²) in [5, 5.41) is 2.22. The summed E-state index contributed by atoms with van der Waals surface area (Å²) in [5.41, 5.74) is 0.323. The summed E-state index contributed by atoms with van der Waals surface area (Å²) in [7, 11) is 0. The summed E-state index contributed by atoms with van der Waals surface area (Å²) in [5.74, 6) is 2.60. The predicted octanol–water partition coefficient (Wildman–Crippen LogP) is 2.80. The van der Waals surface area contributed by atoms with Crippen LogP contribution in [-0.4, -0.2) is 42.7 Å². The highest BCUT2D eigenvalue weighted by atomic mass is 32.2. The first-order chi connectivity index (χ1) is 8.42. The molecule has 94 valence electrons. The maximum absolute atomic E-state index is 5.51. The average molecular weight is 269 g/mol. The van der Waals surface area contributed by atoms with Crippen LogP contribution in [0.2, 0.25) is 0 Å². The van der Waals surface area contributed by atoms with Crippen molar-refractivity contribution >= 4 is 23.1 Å². The van der Waals surface area contributed by atoms with Crippen molar-refractivity contribution in [2.24, 2.45) is 0 Å². The van der Waals surface area contributed by atoms with Gasteiger partial charge >= 0.3 is 0 Å². The lowest BCUT2D eigenvalue weighted by atomic mass is 9.87. The van der Waals surface area contributed by atoms with Crippen LogP contribution >= 0.6 is 23.1 Å². The van der Waals surface area contributed by atoms with E-state index in [4.69, 9.17) is 4.74 Å². The van der Waals surface area contributed by atoms with Gasteiger partial charge in [-0.1, -0.05) is 6.07 Å². The van der Waals surface area contributed by atoms with Gasteiger partial charge in [-0.25, -0.2) is 0 Å². The van der Waals surface area contributed by atoms with Crippen LogP contribution in [0.25, 0.3) is 0 Å². The maximum atomic E-state index is 5.51. The largest absolute Gasteiger partial charge is 0.379 e. The van der Waals surface area contributed by atoms with Gasteiger partial charge in [0.2, 0.25) is 0 Å². The van der Waals surface area contributed by atoms with Gasteiger partial charge in [-0.05, 0) is 35.8 Å². The van der Waals surface area contributed by atoms with Crippen LogP contribution in [0.15, 0.2) is 17.5 Å². The minimum Gasteiger partial charge on any atom is -0.379 e. The predicted molar refractivity (Wildman–Crippen MR) is 74.9 cm³/mol. The molecule has 1 aromatic heterocycles. The lowest BCUT2D eigenvalue weighted by Crippen LogP contribution is -2.52. The van der Waals surface area contributed by atoms with Crippen LogP contribution in [0.1, 0.15) is 17.7 Å². The fraction of sp³-hybridized carbons (Fsp3) is 0.692. The highest BCUT2D eigenvalue weighted by Gasteiger charge is 2.40. The van der Waals surface area contributed by atoms with Crippen molar-refractivity contribution < 1.29 is 4.74 Å². The van der Waals surface area contributed by atoms with Crippen LogP contribution in [-0.2, 0) is 10.3 Å². The average Bonchev–Trinajstić information content (AvgIpc) is 2.95. The van der Waals surface area contributed by atoms with E-state index in [9.17, 15) is 0 Å². The van der Waals surface area contributed by atoms with Crippen LogP contribution in [0.4, 0.5) is 0 Å². The third-order valence-corrected chi connectivity index (χ3v) is 5.96. The van der Waals surface area contributed by atoms with Crippen molar-refractivity contribution in [3.05, 3.63) is 22.4 Å². The molecule has 0 atom stereocenters. The van der Waals surface area contributed by atoms with Crippen molar-refractivity contribution in [1.29, 1.82) is 0 Å². The van der Waals surface area contributed by atoms with Crippen molar-refractivity contribution in [2.75, 3.05) is 37.8 Å². The van der Waals surface area contributed by atoms with Crippen LogP contribution in [0, 0.1) is 0 Å². The number of hydrogen-bond acceptors (Lipinski definition) is 4. The molecule has 1 aromatic rings. The molecular weight excluding hydrogens is 250 g/mol. The van der Waals surface area contributed by atoms with Crippen molar-refractivity contribution in [3.8, 4) is 0 Å². The van der Waals surface area contributed by atoms with Crippen molar-refractivity contribution in [1.82, 2.24) is 4.90 Å². The second-order valence-corrected chi connectivity index (χ2v) is 6.89. The molecule has 0 aliphatic carbocycles. The molecule has 0 spiro atoms. The smallest absolute Gasteiger partial charge is 0.0594 e.